The Morgan fingerprint density at radius 1 is 0.526 bits per heavy atom. The van der Waals surface area contributed by atoms with Crippen LogP contribution in [0.1, 0.15) is 55.2 Å². The molecule has 182 valence electrons. The first-order chi connectivity index (χ1) is 18.7. The van der Waals surface area contributed by atoms with Gasteiger partial charge in [-0.15, -0.1) is 0 Å². The van der Waals surface area contributed by atoms with Gasteiger partial charge in [-0.25, -0.2) is 9.59 Å². The molecule has 0 radical (unpaired) electrons. The Morgan fingerprint density at radius 2 is 0.947 bits per heavy atom. The Hall–Kier alpha value is -4.96. The fraction of sp³-hybridized carbons (Fsp3) is 0.0588. The molecule has 4 heteroatoms. The van der Waals surface area contributed by atoms with Crippen molar-refractivity contribution >= 4 is 45.6 Å². The summed E-state index contributed by atoms with van der Waals surface area (Å²) in [6, 6.07) is 30.8. The third-order valence-corrected chi connectivity index (χ3v) is 7.25. The fourth-order valence-corrected chi connectivity index (χ4v) is 5.49. The van der Waals surface area contributed by atoms with E-state index in [0.29, 0.717) is 11.1 Å². The van der Waals surface area contributed by atoms with Gasteiger partial charge < -0.3 is 9.47 Å². The Balaban J connectivity index is 1.12. The van der Waals surface area contributed by atoms with Crippen molar-refractivity contribution in [3.05, 3.63) is 143 Å². The average Bonchev–Trinajstić information content (AvgIpc) is 2.96. The monoisotopic (exact) mass is 494 g/mol. The zero-order valence-electron chi connectivity index (χ0n) is 20.3. The van der Waals surface area contributed by atoms with Gasteiger partial charge in [0.1, 0.15) is 12.2 Å². The highest BCUT2D eigenvalue weighted by molar-refractivity contribution is 5.99. The molecule has 0 heterocycles. The molecule has 4 nitrogen and oxygen atoms in total. The zero-order chi connectivity index (χ0) is 25.6. The molecule has 7 rings (SSSR count). The van der Waals surface area contributed by atoms with Crippen LogP contribution in [0, 0.1) is 0 Å². The molecule has 38 heavy (non-hydrogen) atoms. The van der Waals surface area contributed by atoms with Crippen LogP contribution in [0.15, 0.2) is 109 Å². The number of rotatable bonds is 4. The van der Waals surface area contributed by atoms with Crippen LogP contribution < -0.4 is 0 Å². The molecule has 2 unspecified atom stereocenters. The topological polar surface area (TPSA) is 52.6 Å². The van der Waals surface area contributed by atoms with Gasteiger partial charge in [0, 0.05) is 11.1 Å². The van der Waals surface area contributed by atoms with Crippen molar-refractivity contribution in [3.8, 4) is 0 Å². The van der Waals surface area contributed by atoms with Gasteiger partial charge in [-0.05, 0) is 63.0 Å². The number of carbonyl (C=O) groups is 2. The Labute approximate surface area is 219 Å². The molecule has 0 saturated heterocycles. The highest BCUT2D eigenvalue weighted by Gasteiger charge is 2.24. The Morgan fingerprint density at radius 3 is 1.42 bits per heavy atom. The maximum Gasteiger partial charge on any atom is 0.339 e. The summed E-state index contributed by atoms with van der Waals surface area (Å²) in [5, 5.41) is 4.38. The molecule has 0 amide bonds. The first-order valence-electron chi connectivity index (χ1n) is 12.6. The second kappa shape index (κ2) is 8.86. The number of hydrogen-bond donors (Lipinski definition) is 0. The minimum absolute atomic E-state index is 0.297. The second-order valence-electron chi connectivity index (χ2n) is 9.54. The molecule has 0 saturated carbocycles. The lowest BCUT2D eigenvalue weighted by molar-refractivity contribution is 0.0393. The van der Waals surface area contributed by atoms with Crippen molar-refractivity contribution in [2.75, 3.05) is 0 Å². The normalized spacial score (nSPS) is 16.9. The molecule has 0 aromatic heterocycles. The third kappa shape index (κ3) is 3.70. The molecule has 0 bridgehead atoms. The van der Waals surface area contributed by atoms with Crippen LogP contribution in [0.5, 0.6) is 0 Å². The largest absolute Gasteiger partial charge is 0.450 e. The predicted octanol–water partition coefficient (Wildman–Crippen LogP) is 7.84. The number of carbonyl (C=O) groups excluding carboxylic acids is 2. The molecule has 5 aromatic rings. The molecular formula is C34H22O4. The van der Waals surface area contributed by atoms with Gasteiger partial charge in [-0.1, -0.05) is 91.0 Å². The lowest BCUT2D eigenvalue weighted by Crippen LogP contribution is -2.15. The number of ether oxygens (including phenoxy) is 2. The SMILES string of the molecule is O=C(OC1C=Cc2cccc3cccc1c23)c1cccc(C(=O)OC2C=Cc3cccc4cccc2c34)c1. The smallest absolute Gasteiger partial charge is 0.339 e. The Bertz CT molecular complexity index is 1690. The van der Waals surface area contributed by atoms with E-state index in [1.165, 1.54) is 6.07 Å². The molecule has 0 N–H and O–H groups in total. The second-order valence-corrected chi connectivity index (χ2v) is 9.54. The van der Waals surface area contributed by atoms with Crippen LogP contribution in [-0.2, 0) is 9.47 Å². The minimum Gasteiger partial charge on any atom is -0.450 e. The van der Waals surface area contributed by atoms with Crippen LogP contribution in [0.3, 0.4) is 0 Å². The van der Waals surface area contributed by atoms with E-state index in [1.54, 1.807) is 18.2 Å². The molecular weight excluding hydrogens is 472 g/mol. The summed E-state index contributed by atoms with van der Waals surface area (Å²) < 4.78 is 11.8. The van der Waals surface area contributed by atoms with Gasteiger partial charge in [0.15, 0.2) is 0 Å². The summed E-state index contributed by atoms with van der Waals surface area (Å²) in [6.45, 7) is 0. The minimum atomic E-state index is -0.510. The summed E-state index contributed by atoms with van der Waals surface area (Å²) in [7, 11) is 0. The predicted molar refractivity (Wildman–Crippen MR) is 149 cm³/mol. The molecule has 2 aliphatic carbocycles. The van der Waals surface area contributed by atoms with E-state index in [2.05, 4.69) is 36.4 Å². The van der Waals surface area contributed by atoms with Gasteiger partial charge in [-0.2, -0.15) is 0 Å². The molecule has 2 atom stereocenters. The van der Waals surface area contributed by atoms with Crippen LogP contribution in [0.4, 0.5) is 0 Å². The molecule has 0 aliphatic heterocycles. The van der Waals surface area contributed by atoms with Crippen molar-refractivity contribution in [2.24, 2.45) is 0 Å². The van der Waals surface area contributed by atoms with Gasteiger partial charge >= 0.3 is 11.9 Å². The molecule has 0 fully saturated rings. The fourth-order valence-electron chi connectivity index (χ4n) is 5.49. The van der Waals surface area contributed by atoms with E-state index in [0.717, 1.165) is 43.8 Å². The van der Waals surface area contributed by atoms with Crippen molar-refractivity contribution in [3.63, 3.8) is 0 Å². The number of esters is 2. The van der Waals surface area contributed by atoms with Crippen LogP contribution in [0.2, 0.25) is 0 Å². The summed E-state index contributed by atoms with van der Waals surface area (Å²) in [4.78, 5) is 26.3. The van der Waals surface area contributed by atoms with Gasteiger partial charge in [0.05, 0.1) is 11.1 Å². The van der Waals surface area contributed by atoms with Crippen LogP contribution in [-0.4, -0.2) is 11.9 Å². The first-order valence-corrected chi connectivity index (χ1v) is 12.6. The molecule has 5 aromatic carbocycles. The van der Waals surface area contributed by atoms with Gasteiger partial charge in [0.2, 0.25) is 0 Å². The van der Waals surface area contributed by atoms with Crippen molar-refractivity contribution < 1.29 is 19.1 Å². The van der Waals surface area contributed by atoms with Crippen LogP contribution in [0.25, 0.3) is 33.7 Å². The lowest BCUT2D eigenvalue weighted by Gasteiger charge is -2.22. The van der Waals surface area contributed by atoms with E-state index in [4.69, 9.17) is 9.47 Å². The van der Waals surface area contributed by atoms with Crippen molar-refractivity contribution in [2.45, 2.75) is 12.2 Å². The summed E-state index contributed by atoms with van der Waals surface area (Å²) in [5.74, 6) is -0.996. The van der Waals surface area contributed by atoms with E-state index in [9.17, 15) is 9.59 Å². The highest BCUT2D eigenvalue weighted by Crippen LogP contribution is 2.37. The van der Waals surface area contributed by atoms with Gasteiger partial charge in [-0.3, -0.25) is 0 Å². The Kier molecular flexibility index (Phi) is 5.19. The highest BCUT2D eigenvalue weighted by atomic mass is 16.5. The van der Waals surface area contributed by atoms with Gasteiger partial charge in [0.25, 0.3) is 0 Å². The maximum atomic E-state index is 13.2. The summed E-state index contributed by atoms with van der Waals surface area (Å²) >= 11 is 0. The summed E-state index contributed by atoms with van der Waals surface area (Å²) in [6.07, 6.45) is 6.73. The molecule has 2 aliphatic rings. The van der Waals surface area contributed by atoms with E-state index >= 15 is 0 Å². The number of hydrogen-bond acceptors (Lipinski definition) is 4. The standard InChI is InChI=1S/C34H22O4/c35-33(37-29-18-16-23-8-1-6-21-10-4-14-27(29)31(21)23)25-12-3-13-26(20-25)34(36)38-30-19-17-24-9-2-7-22-11-5-15-28(30)32(22)24/h1-20,29-30H. The average molecular weight is 495 g/mol. The van der Waals surface area contributed by atoms with Crippen LogP contribution >= 0.6 is 0 Å². The van der Waals surface area contributed by atoms with E-state index < -0.39 is 24.1 Å². The van der Waals surface area contributed by atoms with Crippen molar-refractivity contribution in [1.29, 1.82) is 0 Å². The summed E-state index contributed by atoms with van der Waals surface area (Å²) in [5.41, 5.74) is 4.69. The zero-order valence-corrected chi connectivity index (χ0v) is 20.3. The van der Waals surface area contributed by atoms with Crippen molar-refractivity contribution in [1.82, 2.24) is 0 Å². The molecule has 0 spiro atoms. The maximum absolute atomic E-state index is 13.2. The van der Waals surface area contributed by atoms with E-state index in [1.807, 2.05) is 60.7 Å². The third-order valence-electron chi connectivity index (χ3n) is 7.25. The lowest BCUT2D eigenvalue weighted by atomic mass is 9.91. The quantitative estimate of drug-likeness (QED) is 0.239. The number of benzene rings is 5. The first kappa shape index (κ1) is 22.3. The van der Waals surface area contributed by atoms with E-state index in [-0.39, 0.29) is 0 Å².